The minimum absolute atomic E-state index is 0.100. The number of carbonyl (C=O) groups is 1. The number of nitrogens with zero attached hydrogens (tertiary/aromatic N) is 4. The second-order valence-electron chi connectivity index (χ2n) is 5.02. The summed E-state index contributed by atoms with van der Waals surface area (Å²) < 4.78 is 0. The Morgan fingerprint density at radius 3 is 2.68 bits per heavy atom. The van der Waals surface area contributed by atoms with E-state index in [9.17, 15) is 14.9 Å². The molecule has 0 saturated heterocycles. The monoisotopic (exact) mass is 352 g/mol. The van der Waals surface area contributed by atoms with Crippen molar-refractivity contribution in [3.63, 3.8) is 0 Å². The fourth-order valence-electron chi connectivity index (χ4n) is 2.08. The molecule has 2 heterocycles. The predicted octanol–water partition coefficient (Wildman–Crippen LogP) is 3.42. The first-order valence-electron chi connectivity index (χ1n) is 7.28. The molecule has 0 aliphatic carbocycles. The molecule has 0 saturated carbocycles. The number of pyridine rings is 1. The highest BCUT2D eigenvalue weighted by Crippen LogP contribution is 2.21. The van der Waals surface area contributed by atoms with Gasteiger partial charge in [-0.2, -0.15) is 0 Å². The van der Waals surface area contributed by atoms with Crippen molar-refractivity contribution in [2.45, 2.75) is 5.03 Å². The maximum absolute atomic E-state index is 12.2. The van der Waals surface area contributed by atoms with Crippen molar-refractivity contribution >= 4 is 23.2 Å². The third-order valence-corrected chi connectivity index (χ3v) is 4.25. The van der Waals surface area contributed by atoms with Crippen LogP contribution < -0.4 is 0 Å². The Morgan fingerprint density at radius 1 is 1.12 bits per heavy atom. The summed E-state index contributed by atoms with van der Waals surface area (Å²) in [5.41, 5.74) is 1.76. The molecule has 0 bridgehead atoms. The van der Waals surface area contributed by atoms with E-state index in [1.54, 1.807) is 24.5 Å². The number of hydrogen-bond acceptors (Lipinski definition) is 7. The lowest BCUT2D eigenvalue weighted by atomic mass is 10.1. The molecule has 25 heavy (non-hydrogen) atoms. The van der Waals surface area contributed by atoms with E-state index >= 15 is 0 Å². The first kappa shape index (κ1) is 16.7. The lowest BCUT2D eigenvalue weighted by molar-refractivity contribution is -0.384. The van der Waals surface area contributed by atoms with E-state index in [1.807, 2.05) is 18.2 Å². The molecule has 0 fully saturated rings. The topological polar surface area (TPSA) is 98.9 Å². The average molecular weight is 352 g/mol. The summed E-state index contributed by atoms with van der Waals surface area (Å²) >= 11 is 1.23. The van der Waals surface area contributed by atoms with Crippen LogP contribution in [0.15, 0.2) is 66.0 Å². The largest absolute Gasteiger partial charge is 0.293 e. The first-order chi connectivity index (χ1) is 12.1. The standard InChI is InChI=1S/C17H12N4O3S/c22-16(12-3-1-5-14(9-12)21(23)24)11-25-17-7-6-15(19-20-17)13-4-2-8-18-10-13/h1-10H,11H2. The molecular weight excluding hydrogens is 340 g/mol. The summed E-state index contributed by atoms with van der Waals surface area (Å²) in [5.74, 6) is -0.0749. The lowest BCUT2D eigenvalue weighted by Crippen LogP contribution is -2.03. The minimum Gasteiger partial charge on any atom is -0.293 e. The fraction of sp³-hybridized carbons (Fsp3) is 0.0588. The molecule has 8 heteroatoms. The Hall–Kier alpha value is -3.13. The second kappa shape index (κ2) is 7.63. The van der Waals surface area contributed by atoms with Crippen LogP contribution >= 0.6 is 11.8 Å². The molecular formula is C17H12N4O3S. The van der Waals surface area contributed by atoms with Crippen molar-refractivity contribution in [1.82, 2.24) is 15.2 Å². The van der Waals surface area contributed by atoms with Gasteiger partial charge in [-0.1, -0.05) is 23.9 Å². The van der Waals surface area contributed by atoms with Gasteiger partial charge in [-0.25, -0.2) is 0 Å². The molecule has 0 unspecified atom stereocenters. The van der Waals surface area contributed by atoms with Gasteiger partial charge in [0.05, 0.1) is 16.4 Å². The molecule has 0 atom stereocenters. The van der Waals surface area contributed by atoms with Gasteiger partial charge in [0.25, 0.3) is 5.69 Å². The summed E-state index contributed by atoms with van der Waals surface area (Å²) in [5, 5.41) is 19.6. The maximum Gasteiger partial charge on any atom is 0.270 e. The van der Waals surface area contributed by atoms with Crippen molar-refractivity contribution in [3.8, 4) is 11.3 Å². The van der Waals surface area contributed by atoms with Crippen molar-refractivity contribution in [2.75, 3.05) is 5.75 Å². The van der Waals surface area contributed by atoms with E-state index in [4.69, 9.17) is 0 Å². The molecule has 7 nitrogen and oxygen atoms in total. The molecule has 0 amide bonds. The molecule has 0 spiro atoms. The number of hydrogen-bond donors (Lipinski definition) is 0. The van der Waals surface area contributed by atoms with E-state index in [2.05, 4.69) is 15.2 Å². The fourth-order valence-corrected chi connectivity index (χ4v) is 2.79. The van der Waals surface area contributed by atoms with Crippen LogP contribution in [-0.4, -0.2) is 31.6 Å². The van der Waals surface area contributed by atoms with Crippen LogP contribution in [0.1, 0.15) is 10.4 Å². The van der Waals surface area contributed by atoms with Gasteiger partial charge in [0.15, 0.2) is 5.78 Å². The number of carbonyl (C=O) groups excluding carboxylic acids is 1. The third kappa shape index (κ3) is 4.24. The van der Waals surface area contributed by atoms with Gasteiger partial charge in [0, 0.05) is 35.7 Å². The van der Waals surface area contributed by atoms with Gasteiger partial charge in [-0.3, -0.25) is 19.9 Å². The number of nitro benzene ring substituents is 1. The van der Waals surface area contributed by atoms with Crippen LogP contribution in [0.3, 0.4) is 0 Å². The smallest absolute Gasteiger partial charge is 0.270 e. The van der Waals surface area contributed by atoms with Gasteiger partial charge in [-0.15, -0.1) is 10.2 Å². The zero-order valence-corrected chi connectivity index (χ0v) is 13.7. The number of non-ortho nitro benzene ring substituents is 1. The molecule has 2 aromatic heterocycles. The van der Waals surface area contributed by atoms with Crippen LogP contribution in [0, 0.1) is 10.1 Å². The molecule has 0 aliphatic heterocycles. The van der Waals surface area contributed by atoms with Crippen molar-refractivity contribution < 1.29 is 9.72 Å². The quantitative estimate of drug-likeness (QED) is 0.290. The zero-order chi connectivity index (χ0) is 17.6. The number of Topliss-reactive ketones (excluding diaryl/α,β-unsaturated/α-hetero) is 1. The molecule has 0 radical (unpaired) electrons. The molecule has 0 aliphatic rings. The van der Waals surface area contributed by atoms with Gasteiger partial charge in [0.2, 0.25) is 0 Å². The molecule has 3 rings (SSSR count). The molecule has 124 valence electrons. The van der Waals surface area contributed by atoms with Gasteiger partial charge < -0.3 is 0 Å². The van der Waals surface area contributed by atoms with Crippen LogP contribution in [0.25, 0.3) is 11.3 Å². The van der Waals surface area contributed by atoms with Crippen LogP contribution in [0.4, 0.5) is 5.69 Å². The highest BCUT2D eigenvalue weighted by atomic mass is 32.2. The number of benzene rings is 1. The van der Waals surface area contributed by atoms with E-state index in [-0.39, 0.29) is 17.2 Å². The summed E-state index contributed by atoms with van der Waals surface area (Å²) in [6, 6.07) is 13.0. The summed E-state index contributed by atoms with van der Waals surface area (Å²) in [6.07, 6.45) is 3.38. The Balaban J connectivity index is 1.64. The SMILES string of the molecule is O=C(CSc1ccc(-c2cccnc2)nn1)c1cccc([N+](=O)[O-])c1. The Labute approximate surface area is 147 Å². The summed E-state index contributed by atoms with van der Waals surface area (Å²) in [7, 11) is 0. The molecule has 3 aromatic rings. The van der Waals surface area contributed by atoms with Gasteiger partial charge in [-0.05, 0) is 24.3 Å². The number of ketones is 1. The van der Waals surface area contributed by atoms with Crippen LogP contribution in [-0.2, 0) is 0 Å². The van der Waals surface area contributed by atoms with E-state index < -0.39 is 4.92 Å². The van der Waals surface area contributed by atoms with E-state index in [1.165, 1.54) is 30.0 Å². The third-order valence-electron chi connectivity index (χ3n) is 3.33. The zero-order valence-electron chi connectivity index (χ0n) is 12.9. The minimum atomic E-state index is -0.521. The highest BCUT2D eigenvalue weighted by molar-refractivity contribution is 7.99. The molecule has 1 aromatic carbocycles. The first-order valence-corrected chi connectivity index (χ1v) is 8.26. The van der Waals surface area contributed by atoms with E-state index in [0.717, 1.165) is 5.56 Å². The Kier molecular flexibility index (Phi) is 5.10. The number of nitro groups is 1. The van der Waals surface area contributed by atoms with Gasteiger partial charge in [0.1, 0.15) is 5.03 Å². The van der Waals surface area contributed by atoms with Gasteiger partial charge >= 0.3 is 0 Å². The lowest BCUT2D eigenvalue weighted by Gasteiger charge is -2.02. The second-order valence-corrected chi connectivity index (χ2v) is 6.01. The van der Waals surface area contributed by atoms with Crippen molar-refractivity contribution in [2.24, 2.45) is 0 Å². The Morgan fingerprint density at radius 2 is 2.00 bits per heavy atom. The van der Waals surface area contributed by atoms with Crippen LogP contribution in [0.5, 0.6) is 0 Å². The van der Waals surface area contributed by atoms with E-state index in [0.29, 0.717) is 16.3 Å². The Bertz CT molecular complexity index is 901. The summed E-state index contributed by atoms with van der Waals surface area (Å²) in [4.78, 5) is 26.5. The van der Waals surface area contributed by atoms with Crippen molar-refractivity contribution in [3.05, 3.63) is 76.6 Å². The number of thioether (sulfide) groups is 1. The van der Waals surface area contributed by atoms with Crippen LogP contribution in [0.2, 0.25) is 0 Å². The number of rotatable bonds is 6. The average Bonchev–Trinajstić information content (AvgIpc) is 2.67. The molecule has 0 N–H and O–H groups in total. The van der Waals surface area contributed by atoms with Crippen molar-refractivity contribution in [1.29, 1.82) is 0 Å². The normalized spacial score (nSPS) is 10.4. The number of aromatic nitrogens is 3. The summed E-state index contributed by atoms with van der Waals surface area (Å²) in [6.45, 7) is 0. The maximum atomic E-state index is 12.2. The highest BCUT2D eigenvalue weighted by Gasteiger charge is 2.12. The predicted molar refractivity (Wildman–Crippen MR) is 93.4 cm³/mol.